The van der Waals surface area contributed by atoms with Gasteiger partial charge in [0, 0.05) is 5.02 Å². The van der Waals surface area contributed by atoms with E-state index in [4.69, 9.17) is 16.3 Å². The van der Waals surface area contributed by atoms with E-state index < -0.39 is 11.9 Å². The Morgan fingerprint density at radius 2 is 1.66 bits per heavy atom. The number of nitrogens with one attached hydrogen (secondary N) is 1. The summed E-state index contributed by atoms with van der Waals surface area (Å²) in [5, 5.41) is 12.4. The molecule has 0 spiro atoms. The molecule has 6 heteroatoms. The van der Waals surface area contributed by atoms with E-state index in [9.17, 15) is 14.7 Å². The molecule has 0 atom stereocenters. The Balaban J connectivity index is 1.23. The van der Waals surface area contributed by atoms with Gasteiger partial charge in [-0.05, 0) is 104 Å². The molecule has 4 saturated carbocycles. The van der Waals surface area contributed by atoms with Gasteiger partial charge >= 0.3 is 5.97 Å². The maximum Gasteiger partial charge on any atom is 0.337 e. The zero-order chi connectivity index (χ0) is 22.5. The molecule has 2 aromatic rings. The monoisotopic (exact) mass is 453 g/mol. The van der Waals surface area contributed by atoms with Gasteiger partial charge in [-0.3, -0.25) is 4.79 Å². The summed E-state index contributed by atoms with van der Waals surface area (Å²) in [6.45, 7) is 1.51. The lowest BCUT2D eigenvalue weighted by atomic mass is 9.48. The molecule has 0 radical (unpaired) electrons. The third-order valence-electron chi connectivity index (χ3n) is 7.67. The van der Waals surface area contributed by atoms with Crippen molar-refractivity contribution in [2.24, 2.45) is 17.8 Å². The number of hydrogen-bond acceptors (Lipinski definition) is 3. The first-order valence-corrected chi connectivity index (χ1v) is 11.8. The Bertz CT molecular complexity index is 1030. The van der Waals surface area contributed by atoms with E-state index in [-0.39, 0.29) is 17.9 Å². The van der Waals surface area contributed by atoms with Crippen LogP contribution in [0.3, 0.4) is 0 Å². The molecule has 4 aliphatic carbocycles. The van der Waals surface area contributed by atoms with E-state index >= 15 is 0 Å². The number of aromatic carboxylic acids is 1. The van der Waals surface area contributed by atoms with Crippen LogP contribution in [0.4, 0.5) is 5.69 Å². The number of amides is 1. The zero-order valence-corrected chi connectivity index (χ0v) is 19.0. The first kappa shape index (κ1) is 21.3. The van der Waals surface area contributed by atoms with Crippen molar-refractivity contribution in [2.75, 3.05) is 11.9 Å². The summed E-state index contributed by atoms with van der Waals surface area (Å²) >= 11 is 5.95. The maximum absolute atomic E-state index is 12.4. The largest absolute Gasteiger partial charge is 0.484 e. The normalized spacial score (nSPS) is 27.9. The average molecular weight is 454 g/mol. The second kappa shape index (κ2) is 8.11. The topological polar surface area (TPSA) is 75.6 Å². The van der Waals surface area contributed by atoms with Crippen molar-refractivity contribution in [1.82, 2.24) is 0 Å². The number of carbonyl (C=O) groups excluding carboxylic acids is 1. The van der Waals surface area contributed by atoms with Crippen LogP contribution in [0.1, 0.15) is 60.0 Å². The molecule has 4 bridgehead atoms. The van der Waals surface area contributed by atoms with Crippen LogP contribution in [0.5, 0.6) is 5.75 Å². The average Bonchev–Trinajstić information content (AvgIpc) is 2.73. The quantitative estimate of drug-likeness (QED) is 0.576. The number of carbonyl (C=O) groups is 2. The van der Waals surface area contributed by atoms with Crippen LogP contribution in [0.15, 0.2) is 36.4 Å². The number of hydrogen-bond donors (Lipinski definition) is 2. The minimum atomic E-state index is -1.15. The van der Waals surface area contributed by atoms with Crippen molar-refractivity contribution in [3.05, 3.63) is 58.1 Å². The molecular weight excluding hydrogens is 426 g/mol. The van der Waals surface area contributed by atoms with Gasteiger partial charge in [-0.25, -0.2) is 4.79 Å². The third-order valence-corrected chi connectivity index (χ3v) is 7.89. The predicted octanol–water partition coefficient (Wildman–Crippen LogP) is 5.83. The van der Waals surface area contributed by atoms with Crippen LogP contribution < -0.4 is 10.1 Å². The van der Waals surface area contributed by atoms with Crippen LogP contribution in [0.2, 0.25) is 5.02 Å². The molecule has 4 aliphatic rings. The summed E-state index contributed by atoms with van der Waals surface area (Å²) in [7, 11) is 0. The molecule has 0 saturated heterocycles. The molecule has 5 nitrogen and oxygen atoms in total. The second-order valence-corrected chi connectivity index (χ2v) is 10.4. The highest BCUT2D eigenvalue weighted by Gasteiger charge is 2.51. The fraction of sp³-hybridized carbons (Fsp3) is 0.462. The molecule has 2 aromatic carbocycles. The Morgan fingerprint density at radius 1 is 1.06 bits per heavy atom. The van der Waals surface area contributed by atoms with Gasteiger partial charge in [-0.2, -0.15) is 0 Å². The highest BCUT2D eigenvalue weighted by atomic mass is 35.5. The van der Waals surface area contributed by atoms with Crippen molar-refractivity contribution in [1.29, 1.82) is 0 Å². The van der Waals surface area contributed by atoms with E-state index in [1.165, 1.54) is 50.2 Å². The number of aryl methyl sites for hydroxylation is 1. The summed E-state index contributed by atoms with van der Waals surface area (Å²) in [6, 6.07) is 11.2. The van der Waals surface area contributed by atoms with Gasteiger partial charge in [-0.1, -0.05) is 23.7 Å². The number of rotatable bonds is 6. The van der Waals surface area contributed by atoms with Crippen molar-refractivity contribution >= 4 is 29.2 Å². The number of benzene rings is 2. The molecule has 0 aliphatic heterocycles. The fourth-order valence-corrected chi connectivity index (χ4v) is 7.04. The summed E-state index contributed by atoms with van der Waals surface area (Å²) < 4.78 is 5.69. The molecule has 0 aromatic heterocycles. The Morgan fingerprint density at radius 3 is 2.22 bits per heavy atom. The summed E-state index contributed by atoms with van der Waals surface area (Å²) in [5.74, 6) is 1.77. The van der Waals surface area contributed by atoms with Crippen LogP contribution in [0, 0.1) is 24.7 Å². The number of carboxylic acids is 1. The van der Waals surface area contributed by atoms with E-state index in [1.54, 1.807) is 13.0 Å². The van der Waals surface area contributed by atoms with Crippen LogP contribution in [-0.2, 0) is 10.2 Å². The number of anilines is 1. The lowest BCUT2D eigenvalue weighted by Gasteiger charge is -2.57. The number of halogens is 1. The lowest BCUT2D eigenvalue weighted by molar-refractivity contribution is -0.118. The number of carboxylic acid groups (broad SMARTS) is 1. The van der Waals surface area contributed by atoms with Gasteiger partial charge < -0.3 is 15.2 Å². The third kappa shape index (κ3) is 3.99. The van der Waals surface area contributed by atoms with E-state index in [2.05, 4.69) is 17.4 Å². The van der Waals surface area contributed by atoms with Crippen LogP contribution in [0.25, 0.3) is 0 Å². The molecular formula is C26H28ClNO4. The lowest BCUT2D eigenvalue weighted by Crippen LogP contribution is -2.48. The van der Waals surface area contributed by atoms with Crippen molar-refractivity contribution in [2.45, 2.75) is 50.9 Å². The molecule has 0 heterocycles. The fourth-order valence-electron chi connectivity index (χ4n) is 6.77. The maximum atomic E-state index is 12.4. The van der Waals surface area contributed by atoms with Gasteiger partial charge in [0.2, 0.25) is 0 Å². The van der Waals surface area contributed by atoms with Gasteiger partial charge in [0.15, 0.2) is 6.61 Å². The van der Waals surface area contributed by atoms with Crippen molar-refractivity contribution < 1.29 is 19.4 Å². The standard InChI is InChI=1S/C26H28ClNO4/c1-15-6-20(27)10-22(25(30)31)24(15)28-23(29)14-32-21-4-2-19(3-5-21)26-11-16-7-17(12-26)9-18(8-16)13-26/h2-6,10,16-18H,7-9,11-14H2,1H3,(H,28,29)(H,30,31). The molecule has 32 heavy (non-hydrogen) atoms. The Labute approximate surface area is 193 Å². The molecule has 168 valence electrons. The van der Waals surface area contributed by atoms with Crippen molar-refractivity contribution in [3.8, 4) is 5.75 Å². The van der Waals surface area contributed by atoms with Crippen LogP contribution >= 0.6 is 11.6 Å². The second-order valence-electron chi connectivity index (χ2n) is 10.0. The highest BCUT2D eigenvalue weighted by Crippen LogP contribution is 2.60. The molecule has 2 N–H and O–H groups in total. The molecule has 0 unspecified atom stereocenters. The Hall–Kier alpha value is -2.53. The van der Waals surface area contributed by atoms with E-state index in [0.717, 1.165) is 17.8 Å². The van der Waals surface area contributed by atoms with Gasteiger partial charge in [0.1, 0.15) is 5.75 Å². The Kier molecular flexibility index (Phi) is 5.40. The SMILES string of the molecule is Cc1cc(Cl)cc(C(=O)O)c1NC(=O)COc1ccc(C23CC4CC(CC(C4)C2)C3)cc1. The summed E-state index contributed by atoms with van der Waals surface area (Å²) in [5.41, 5.74) is 2.54. The molecule has 6 rings (SSSR count). The highest BCUT2D eigenvalue weighted by molar-refractivity contribution is 6.31. The van der Waals surface area contributed by atoms with E-state index in [1.807, 2.05) is 12.1 Å². The van der Waals surface area contributed by atoms with Crippen LogP contribution in [-0.4, -0.2) is 23.6 Å². The van der Waals surface area contributed by atoms with Gasteiger partial charge in [0.25, 0.3) is 5.91 Å². The summed E-state index contributed by atoms with van der Waals surface area (Å²) in [4.78, 5) is 23.9. The first-order valence-electron chi connectivity index (χ1n) is 11.4. The summed E-state index contributed by atoms with van der Waals surface area (Å²) in [6.07, 6.45) is 8.21. The first-order chi connectivity index (χ1) is 15.3. The minimum Gasteiger partial charge on any atom is -0.484 e. The number of ether oxygens (including phenoxy) is 1. The smallest absolute Gasteiger partial charge is 0.337 e. The predicted molar refractivity (Wildman–Crippen MR) is 124 cm³/mol. The molecule has 4 fully saturated rings. The minimum absolute atomic E-state index is 0.0386. The van der Waals surface area contributed by atoms with E-state index in [0.29, 0.717) is 21.8 Å². The molecule has 1 amide bonds. The zero-order valence-electron chi connectivity index (χ0n) is 18.2. The van der Waals surface area contributed by atoms with Gasteiger partial charge in [0.05, 0.1) is 11.3 Å². The van der Waals surface area contributed by atoms with Gasteiger partial charge in [-0.15, -0.1) is 0 Å². The van der Waals surface area contributed by atoms with Crippen molar-refractivity contribution in [3.63, 3.8) is 0 Å².